The summed E-state index contributed by atoms with van der Waals surface area (Å²) in [7, 11) is 0. The summed E-state index contributed by atoms with van der Waals surface area (Å²) in [5.74, 6) is -0.0744. The van der Waals surface area contributed by atoms with Crippen molar-refractivity contribution in [2.45, 2.75) is 26.6 Å². The summed E-state index contributed by atoms with van der Waals surface area (Å²) in [6.07, 6.45) is 3.28. The first-order chi connectivity index (χ1) is 8.65. The molecular weight excluding hydrogens is 300 g/mol. The van der Waals surface area contributed by atoms with Gasteiger partial charge in [-0.15, -0.1) is 5.10 Å². The van der Waals surface area contributed by atoms with Crippen LogP contribution in [0.4, 0.5) is 0 Å². The smallest absolute Gasteiger partial charge is 0.203 e. The van der Waals surface area contributed by atoms with E-state index >= 15 is 0 Å². The topological polar surface area (TPSA) is 91.6 Å². The normalized spacial score (nSPS) is 10.8. The molecule has 8 heteroatoms. The van der Waals surface area contributed by atoms with E-state index in [1.165, 1.54) is 4.68 Å². The Hall–Kier alpha value is -1.54. The maximum atomic E-state index is 12.2. The van der Waals surface area contributed by atoms with Gasteiger partial charge in [0.05, 0.1) is 22.6 Å². The molecule has 2 aromatic rings. The van der Waals surface area contributed by atoms with Crippen LogP contribution in [0.1, 0.15) is 23.1 Å². The largest absolute Gasteiger partial charge is 0.325 e. The molecule has 0 saturated heterocycles. The molecule has 0 spiro atoms. The van der Waals surface area contributed by atoms with E-state index in [-0.39, 0.29) is 12.3 Å². The first-order valence-electron chi connectivity index (χ1n) is 5.49. The molecule has 2 N–H and O–H groups in total. The molecule has 0 aliphatic carbocycles. The highest BCUT2D eigenvalue weighted by Crippen LogP contribution is 2.17. The number of rotatable bonds is 5. The number of carbonyl (C=O) groups excluding carboxylic acids is 1. The van der Waals surface area contributed by atoms with Gasteiger partial charge in [0.25, 0.3) is 0 Å². The number of Topliss-reactive ketones (excluding diaryl/α,β-unsaturated/α-hetero) is 1. The molecule has 0 radical (unpaired) electrons. The van der Waals surface area contributed by atoms with E-state index in [0.29, 0.717) is 29.0 Å². The maximum absolute atomic E-state index is 12.2. The van der Waals surface area contributed by atoms with Crippen LogP contribution in [0.15, 0.2) is 16.9 Å². The van der Waals surface area contributed by atoms with Crippen LogP contribution >= 0.6 is 15.9 Å². The molecule has 0 fully saturated rings. The zero-order chi connectivity index (χ0) is 13.1. The highest BCUT2D eigenvalue weighted by molar-refractivity contribution is 9.10. The van der Waals surface area contributed by atoms with Crippen molar-refractivity contribution in [3.8, 4) is 0 Å². The van der Waals surface area contributed by atoms with Crippen molar-refractivity contribution in [2.75, 3.05) is 0 Å². The Labute approximate surface area is 112 Å². The highest BCUT2D eigenvalue weighted by atomic mass is 79.9. The van der Waals surface area contributed by atoms with Crippen LogP contribution in [0.25, 0.3) is 0 Å². The van der Waals surface area contributed by atoms with Gasteiger partial charge in [-0.05, 0) is 22.9 Å². The van der Waals surface area contributed by atoms with Gasteiger partial charge in [-0.1, -0.05) is 5.21 Å². The van der Waals surface area contributed by atoms with Crippen molar-refractivity contribution in [3.63, 3.8) is 0 Å². The number of hydrogen-bond donors (Lipinski definition) is 1. The van der Waals surface area contributed by atoms with Gasteiger partial charge in [0.1, 0.15) is 12.2 Å². The van der Waals surface area contributed by atoms with Crippen LogP contribution in [0.3, 0.4) is 0 Å². The predicted molar refractivity (Wildman–Crippen MR) is 67.8 cm³/mol. The SMILES string of the molecule is CCn1ncc(Br)c1C(=O)Cn1cc(CN)nn1. The molecule has 0 aliphatic rings. The van der Waals surface area contributed by atoms with Gasteiger partial charge in [-0.25, -0.2) is 4.68 Å². The van der Waals surface area contributed by atoms with Crippen LogP contribution in [-0.4, -0.2) is 30.6 Å². The predicted octanol–water partition coefficient (Wildman–Crippen LogP) is 0.599. The van der Waals surface area contributed by atoms with Crippen LogP contribution < -0.4 is 5.73 Å². The fourth-order valence-electron chi connectivity index (χ4n) is 1.61. The lowest BCUT2D eigenvalue weighted by atomic mass is 10.3. The van der Waals surface area contributed by atoms with Gasteiger partial charge in [0, 0.05) is 13.1 Å². The van der Waals surface area contributed by atoms with E-state index in [0.717, 1.165) is 0 Å². The summed E-state index contributed by atoms with van der Waals surface area (Å²) < 4.78 is 3.81. The van der Waals surface area contributed by atoms with Crippen molar-refractivity contribution in [1.29, 1.82) is 0 Å². The summed E-state index contributed by atoms with van der Waals surface area (Å²) in [4.78, 5) is 12.2. The number of aryl methyl sites for hydroxylation is 1. The zero-order valence-electron chi connectivity index (χ0n) is 9.88. The highest BCUT2D eigenvalue weighted by Gasteiger charge is 2.17. The van der Waals surface area contributed by atoms with Crippen molar-refractivity contribution < 1.29 is 4.79 Å². The number of carbonyl (C=O) groups is 1. The lowest BCUT2D eigenvalue weighted by molar-refractivity contribution is 0.0955. The van der Waals surface area contributed by atoms with Gasteiger partial charge in [0.15, 0.2) is 0 Å². The summed E-state index contributed by atoms with van der Waals surface area (Å²) >= 11 is 3.32. The number of halogens is 1. The van der Waals surface area contributed by atoms with Crippen molar-refractivity contribution in [3.05, 3.63) is 28.3 Å². The third-order valence-corrected chi connectivity index (χ3v) is 3.04. The van der Waals surface area contributed by atoms with Crippen molar-refractivity contribution in [1.82, 2.24) is 24.8 Å². The molecule has 96 valence electrons. The molecule has 18 heavy (non-hydrogen) atoms. The van der Waals surface area contributed by atoms with Gasteiger partial charge >= 0.3 is 0 Å². The van der Waals surface area contributed by atoms with E-state index < -0.39 is 0 Å². The summed E-state index contributed by atoms with van der Waals surface area (Å²) in [6, 6.07) is 0. The third-order valence-electron chi connectivity index (χ3n) is 2.46. The molecule has 7 nitrogen and oxygen atoms in total. The molecule has 0 atom stereocenters. The molecule has 0 bridgehead atoms. The summed E-state index contributed by atoms with van der Waals surface area (Å²) in [5.41, 5.74) is 6.64. The molecular formula is C10H13BrN6O. The Bertz CT molecular complexity index is 560. The lowest BCUT2D eigenvalue weighted by Gasteiger charge is -2.04. The monoisotopic (exact) mass is 312 g/mol. The minimum absolute atomic E-state index is 0.0744. The lowest BCUT2D eigenvalue weighted by Crippen LogP contribution is -2.16. The van der Waals surface area contributed by atoms with Gasteiger partial charge in [-0.3, -0.25) is 9.48 Å². The van der Waals surface area contributed by atoms with Crippen LogP contribution in [0.2, 0.25) is 0 Å². The van der Waals surface area contributed by atoms with Gasteiger partial charge in [-0.2, -0.15) is 5.10 Å². The molecule has 0 unspecified atom stereocenters. The van der Waals surface area contributed by atoms with Crippen LogP contribution in [-0.2, 0) is 19.6 Å². The third kappa shape index (κ3) is 2.49. The quantitative estimate of drug-likeness (QED) is 0.816. The molecule has 0 aliphatic heterocycles. The number of nitrogens with two attached hydrogens (primary N) is 1. The summed E-state index contributed by atoms with van der Waals surface area (Å²) in [5, 5.41) is 11.8. The summed E-state index contributed by atoms with van der Waals surface area (Å²) in [6.45, 7) is 3.00. The van der Waals surface area contributed by atoms with Crippen LogP contribution in [0, 0.1) is 0 Å². The molecule has 0 aromatic carbocycles. The average Bonchev–Trinajstić information content (AvgIpc) is 2.95. The van der Waals surface area contributed by atoms with E-state index in [1.54, 1.807) is 17.1 Å². The number of hydrogen-bond acceptors (Lipinski definition) is 5. The Morgan fingerprint density at radius 2 is 2.33 bits per heavy atom. The average molecular weight is 313 g/mol. The van der Waals surface area contributed by atoms with Crippen molar-refractivity contribution >= 4 is 21.7 Å². The standard InChI is InChI=1S/C10H13BrN6O/c1-2-17-10(8(11)4-13-17)9(18)6-16-5-7(3-12)14-15-16/h4-5H,2-3,6,12H2,1H3. The van der Waals surface area contributed by atoms with E-state index in [9.17, 15) is 4.79 Å². The zero-order valence-corrected chi connectivity index (χ0v) is 11.5. The first kappa shape index (κ1) is 12.9. The molecule has 0 amide bonds. The molecule has 2 heterocycles. The number of nitrogens with zero attached hydrogens (tertiary/aromatic N) is 5. The number of ketones is 1. The van der Waals surface area contributed by atoms with E-state index in [4.69, 9.17) is 5.73 Å². The molecule has 2 aromatic heterocycles. The van der Waals surface area contributed by atoms with Gasteiger partial charge < -0.3 is 5.73 Å². The Balaban J connectivity index is 2.18. The molecule has 0 saturated carbocycles. The molecule has 2 rings (SSSR count). The Kier molecular flexibility index (Phi) is 3.87. The minimum Gasteiger partial charge on any atom is -0.325 e. The second-order valence-electron chi connectivity index (χ2n) is 3.69. The fraction of sp³-hybridized carbons (Fsp3) is 0.400. The van der Waals surface area contributed by atoms with Crippen molar-refractivity contribution in [2.24, 2.45) is 5.73 Å². The Morgan fingerprint density at radius 1 is 1.56 bits per heavy atom. The van der Waals surface area contributed by atoms with E-state index in [1.807, 2.05) is 6.92 Å². The minimum atomic E-state index is -0.0744. The first-order valence-corrected chi connectivity index (χ1v) is 6.28. The maximum Gasteiger partial charge on any atom is 0.203 e. The fourth-order valence-corrected chi connectivity index (χ4v) is 2.13. The van der Waals surface area contributed by atoms with E-state index in [2.05, 4.69) is 31.3 Å². The van der Waals surface area contributed by atoms with Crippen LogP contribution in [0.5, 0.6) is 0 Å². The number of aromatic nitrogens is 5. The second kappa shape index (κ2) is 5.40. The second-order valence-corrected chi connectivity index (χ2v) is 4.55. The van der Waals surface area contributed by atoms with Gasteiger partial charge in [0.2, 0.25) is 5.78 Å². The Morgan fingerprint density at radius 3 is 2.94 bits per heavy atom.